The fraction of sp³-hybridized carbons (Fsp3) is 0.444. The summed E-state index contributed by atoms with van der Waals surface area (Å²) in [7, 11) is 0. The van der Waals surface area contributed by atoms with Crippen LogP contribution in [0.25, 0.3) is 10.6 Å². The van der Waals surface area contributed by atoms with E-state index in [0.717, 1.165) is 16.3 Å². The van der Waals surface area contributed by atoms with Crippen LogP contribution in [0.3, 0.4) is 0 Å². The van der Waals surface area contributed by atoms with E-state index in [2.05, 4.69) is 18.8 Å². The number of aromatic nitrogens is 1. The van der Waals surface area contributed by atoms with E-state index in [0.29, 0.717) is 44.5 Å². The van der Waals surface area contributed by atoms with Gasteiger partial charge in [0.25, 0.3) is 5.91 Å². The summed E-state index contributed by atoms with van der Waals surface area (Å²) < 4.78 is 11.0. The predicted molar refractivity (Wildman–Crippen MR) is 94.6 cm³/mol. The highest BCUT2D eigenvalue weighted by Gasteiger charge is 2.21. The molecular weight excluding hydrogens is 324 g/mol. The van der Waals surface area contributed by atoms with Crippen molar-refractivity contribution in [3.05, 3.63) is 35.3 Å². The van der Waals surface area contributed by atoms with Crippen LogP contribution in [0, 0.1) is 5.92 Å². The van der Waals surface area contributed by atoms with Crippen LogP contribution in [0.5, 0.6) is 5.75 Å². The zero-order chi connectivity index (χ0) is 16.9. The second-order valence-electron chi connectivity index (χ2n) is 6.17. The Bertz CT molecular complexity index is 676. The predicted octanol–water partition coefficient (Wildman–Crippen LogP) is 3.32. The van der Waals surface area contributed by atoms with E-state index in [1.54, 1.807) is 4.90 Å². The van der Waals surface area contributed by atoms with Crippen molar-refractivity contribution < 1.29 is 14.3 Å². The molecule has 1 aliphatic rings. The average molecular weight is 346 g/mol. The Balaban J connectivity index is 1.67. The molecule has 1 aromatic heterocycles. The van der Waals surface area contributed by atoms with Crippen LogP contribution in [-0.2, 0) is 4.74 Å². The number of nitrogens with zero attached hydrogens (tertiary/aromatic N) is 2. The Labute approximate surface area is 146 Å². The molecule has 0 unspecified atom stereocenters. The van der Waals surface area contributed by atoms with E-state index in [1.165, 1.54) is 11.3 Å². The third-order valence-electron chi connectivity index (χ3n) is 3.71. The zero-order valence-corrected chi connectivity index (χ0v) is 14.8. The minimum absolute atomic E-state index is 0.0160. The first-order valence-electron chi connectivity index (χ1n) is 8.19. The molecule has 2 aromatic rings. The first-order chi connectivity index (χ1) is 11.6. The number of carbonyl (C=O) groups is 1. The van der Waals surface area contributed by atoms with E-state index in [-0.39, 0.29) is 5.91 Å². The number of benzene rings is 1. The number of thiazole rings is 1. The van der Waals surface area contributed by atoms with Gasteiger partial charge in [0.2, 0.25) is 0 Å². The van der Waals surface area contributed by atoms with Crippen LogP contribution < -0.4 is 4.74 Å². The molecule has 0 aliphatic carbocycles. The largest absolute Gasteiger partial charge is 0.493 e. The Kier molecular flexibility index (Phi) is 5.48. The lowest BCUT2D eigenvalue weighted by molar-refractivity contribution is 0.0299. The Morgan fingerprint density at radius 2 is 2.00 bits per heavy atom. The molecule has 1 aliphatic heterocycles. The highest BCUT2D eigenvalue weighted by Crippen LogP contribution is 2.26. The number of morpholine rings is 1. The minimum atomic E-state index is -0.0160. The van der Waals surface area contributed by atoms with Crippen LogP contribution in [0.15, 0.2) is 29.6 Å². The van der Waals surface area contributed by atoms with Crippen molar-refractivity contribution in [1.29, 1.82) is 0 Å². The lowest BCUT2D eigenvalue weighted by Gasteiger charge is -2.25. The standard InChI is InChI=1S/C18H22N2O3S/c1-13(2)11-23-15-5-3-14(4-6-15)17-19-16(12-24-17)18(21)20-7-9-22-10-8-20/h3-6,12-13H,7-11H2,1-2H3. The zero-order valence-electron chi connectivity index (χ0n) is 14.0. The fourth-order valence-electron chi connectivity index (χ4n) is 2.39. The van der Waals surface area contributed by atoms with Crippen molar-refractivity contribution >= 4 is 17.2 Å². The van der Waals surface area contributed by atoms with Crippen molar-refractivity contribution in [3.8, 4) is 16.3 Å². The van der Waals surface area contributed by atoms with Gasteiger partial charge in [0.1, 0.15) is 16.5 Å². The molecule has 1 fully saturated rings. The van der Waals surface area contributed by atoms with Gasteiger partial charge in [-0.1, -0.05) is 13.8 Å². The van der Waals surface area contributed by atoms with E-state index in [1.807, 2.05) is 29.6 Å². The first-order valence-corrected chi connectivity index (χ1v) is 9.07. The van der Waals surface area contributed by atoms with Gasteiger partial charge in [0.05, 0.1) is 19.8 Å². The van der Waals surface area contributed by atoms with Gasteiger partial charge in [0, 0.05) is 24.0 Å². The Morgan fingerprint density at radius 3 is 2.67 bits per heavy atom. The van der Waals surface area contributed by atoms with E-state index in [4.69, 9.17) is 9.47 Å². The molecular formula is C18H22N2O3S. The lowest BCUT2D eigenvalue weighted by Crippen LogP contribution is -2.40. The highest BCUT2D eigenvalue weighted by atomic mass is 32.1. The van der Waals surface area contributed by atoms with Crippen LogP contribution in [-0.4, -0.2) is 48.7 Å². The third-order valence-corrected chi connectivity index (χ3v) is 4.60. The van der Waals surface area contributed by atoms with Gasteiger partial charge in [-0.05, 0) is 30.2 Å². The van der Waals surface area contributed by atoms with Gasteiger partial charge >= 0.3 is 0 Å². The maximum absolute atomic E-state index is 12.4. The number of ether oxygens (including phenoxy) is 2. The van der Waals surface area contributed by atoms with Crippen molar-refractivity contribution in [2.75, 3.05) is 32.9 Å². The van der Waals surface area contributed by atoms with Crippen molar-refractivity contribution in [3.63, 3.8) is 0 Å². The molecule has 1 aromatic carbocycles. The second kappa shape index (κ2) is 7.77. The van der Waals surface area contributed by atoms with Crippen molar-refractivity contribution in [2.45, 2.75) is 13.8 Å². The highest BCUT2D eigenvalue weighted by molar-refractivity contribution is 7.13. The van der Waals surface area contributed by atoms with Crippen molar-refractivity contribution in [2.24, 2.45) is 5.92 Å². The molecule has 0 bridgehead atoms. The molecule has 2 heterocycles. The minimum Gasteiger partial charge on any atom is -0.493 e. The summed E-state index contributed by atoms with van der Waals surface area (Å²) in [6, 6.07) is 7.86. The lowest BCUT2D eigenvalue weighted by atomic mass is 10.2. The monoisotopic (exact) mass is 346 g/mol. The SMILES string of the molecule is CC(C)COc1ccc(-c2nc(C(=O)N3CCOCC3)cs2)cc1. The van der Waals surface area contributed by atoms with Crippen LogP contribution >= 0.6 is 11.3 Å². The number of hydrogen-bond acceptors (Lipinski definition) is 5. The van der Waals surface area contributed by atoms with E-state index in [9.17, 15) is 4.79 Å². The topological polar surface area (TPSA) is 51.7 Å². The first kappa shape index (κ1) is 16.9. The molecule has 1 saturated heterocycles. The Hall–Kier alpha value is -1.92. The number of carbonyl (C=O) groups excluding carboxylic acids is 1. The number of hydrogen-bond donors (Lipinski definition) is 0. The van der Waals surface area contributed by atoms with Crippen molar-refractivity contribution in [1.82, 2.24) is 9.88 Å². The molecule has 128 valence electrons. The molecule has 3 rings (SSSR count). The summed E-state index contributed by atoms with van der Waals surface area (Å²) in [6.07, 6.45) is 0. The number of rotatable bonds is 5. The molecule has 5 nitrogen and oxygen atoms in total. The quantitative estimate of drug-likeness (QED) is 0.833. The molecule has 0 saturated carbocycles. The smallest absolute Gasteiger partial charge is 0.273 e. The summed E-state index contributed by atoms with van der Waals surface area (Å²) in [5, 5.41) is 2.68. The average Bonchev–Trinajstić information content (AvgIpc) is 3.10. The van der Waals surface area contributed by atoms with Crippen LogP contribution in [0.2, 0.25) is 0 Å². The summed E-state index contributed by atoms with van der Waals surface area (Å²) in [5.74, 6) is 1.34. The van der Waals surface area contributed by atoms with Gasteiger partial charge in [-0.25, -0.2) is 4.98 Å². The van der Waals surface area contributed by atoms with E-state index < -0.39 is 0 Å². The summed E-state index contributed by atoms with van der Waals surface area (Å²) >= 11 is 1.49. The Morgan fingerprint density at radius 1 is 1.29 bits per heavy atom. The van der Waals surface area contributed by atoms with Crippen LogP contribution in [0.4, 0.5) is 0 Å². The third kappa shape index (κ3) is 4.13. The fourth-order valence-corrected chi connectivity index (χ4v) is 3.19. The van der Waals surface area contributed by atoms with Gasteiger partial charge < -0.3 is 14.4 Å². The van der Waals surface area contributed by atoms with Gasteiger partial charge in [-0.15, -0.1) is 11.3 Å². The molecule has 1 amide bonds. The molecule has 24 heavy (non-hydrogen) atoms. The summed E-state index contributed by atoms with van der Waals surface area (Å²) in [5.41, 5.74) is 1.51. The van der Waals surface area contributed by atoms with Gasteiger partial charge in [-0.2, -0.15) is 0 Å². The normalized spacial score (nSPS) is 14.9. The number of amides is 1. The molecule has 0 spiro atoms. The van der Waals surface area contributed by atoms with E-state index >= 15 is 0 Å². The second-order valence-corrected chi connectivity index (χ2v) is 7.03. The summed E-state index contributed by atoms with van der Waals surface area (Å²) in [6.45, 7) is 7.41. The molecule has 6 heteroatoms. The molecule has 0 N–H and O–H groups in total. The summed E-state index contributed by atoms with van der Waals surface area (Å²) in [4.78, 5) is 18.7. The maximum Gasteiger partial charge on any atom is 0.273 e. The maximum atomic E-state index is 12.4. The van der Waals surface area contributed by atoms with Gasteiger partial charge in [0.15, 0.2) is 0 Å². The van der Waals surface area contributed by atoms with Gasteiger partial charge in [-0.3, -0.25) is 4.79 Å². The molecule has 0 radical (unpaired) electrons. The van der Waals surface area contributed by atoms with Crippen LogP contribution in [0.1, 0.15) is 24.3 Å². The molecule has 0 atom stereocenters.